The molecule has 0 spiro atoms. The summed E-state index contributed by atoms with van der Waals surface area (Å²) in [5.74, 6) is -0.307. The molecule has 90 valence electrons. The maximum atomic E-state index is 10.9. The number of para-hydroxylation sites is 1. The van der Waals surface area contributed by atoms with E-state index in [1.807, 2.05) is 17.3 Å². The van der Waals surface area contributed by atoms with Crippen LogP contribution in [-0.4, -0.2) is 24.0 Å². The molecule has 4 heteroatoms. The second-order valence-electron chi connectivity index (χ2n) is 4.36. The third-order valence-corrected chi connectivity index (χ3v) is 2.88. The van der Waals surface area contributed by atoms with Crippen LogP contribution in [0, 0.1) is 13.8 Å². The number of carbonyl (C=O) groups is 1. The Morgan fingerprint density at radius 3 is 2.53 bits per heavy atom. The maximum Gasteiger partial charge on any atom is 0.236 e. The Morgan fingerprint density at radius 1 is 1.29 bits per heavy atom. The first-order valence-electron chi connectivity index (χ1n) is 5.61. The summed E-state index contributed by atoms with van der Waals surface area (Å²) in [6.45, 7) is 5.12. The van der Waals surface area contributed by atoms with Gasteiger partial charge < -0.3 is 15.5 Å². The van der Waals surface area contributed by atoms with E-state index in [2.05, 4.69) is 36.9 Å². The summed E-state index contributed by atoms with van der Waals surface area (Å²) in [6, 6.07) is 6.23. The van der Waals surface area contributed by atoms with E-state index >= 15 is 0 Å². The summed E-state index contributed by atoms with van der Waals surface area (Å²) in [4.78, 5) is 14.9. The molecule has 0 unspecified atom stereocenters. The maximum absolute atomic E-state index is 10.9. The Morgan fingerprint density at radius 2 is 1.94 bits per heavy atom. The van der Waals surface area contributed by atoms with Crippen molar-refractivity contribution in [2.75, 3.05) is 18.1 Å². The van der Waals surface area contributed by atoms with Crippen molar-refractivity contribution in [3.63, 3.8) is 0 Å². The van der Waals surface area contributed by atoms with E-state index in [9.17, 15) is 4.79 Å². The second-order valence-corrected chi connectivity index (χ2v) is 4.36. The fourth-order valence-electron chi connectivity index (χ4n) is 2.17. The molecule has 2 N–H and O–H groups in total. The minimum absolute atomic E-state index is 0.262. The number of aryl methyl sites for hydroxylation is 2. The molecule has 1 aliphatic rings. The molecule has 1 aromatic carbocycles. The Hall–Kier alpha value is -1.97. The number of nitrogens with two attached hydrogens (primary N) is 1. The van der Waals surface area contributed by atoms with Gasteiger partial charge in [0.25, 0.3) is 0 Å². The molecule has 0 aliphatic carbocycles. The molecular weight excluding hydrogens is 214 g/mol. The van der Waals surface area contributed by atoms with Crippen LogP contribution in [0.1, 0.15) is 11.1 Å². The number of nitrogens with zero attached hydrogens (tertiary/aromatic N) is 2. The lowest BCUT2D eigenvalue weighted by molar-refractivity contribution is -0.118. The van der Waals surface area contributed by atoms with Gasteiger partial charge in [-0.05, 0) is 25.0 Å². The second kappa shape index (κ2) is 4.49. The minimum Gasteiger partial charge on any atom is -0.368 e. The first-order valence-corrected chi connectivity index (χ1v) is 5.61. The number of rotatable bonds is 3. The zero-order valence-corrected chi connectivity index (χ0v) is 10.2. The lowest BCUT2D eigenvalue weighted by atomic mass is 10.1. The summed E-state index contributed by atoms with van der Waals surface area (Å²) in [6.07, 6.45) is 3.88. The van der Waals surface area contributed by atoms with Gasteiger partial charge in [0.15, 0.2) is 0 Å². The molecule has 2 rings (SSSR count). The quantitative estimate of drug-likeness (QED) is 0.854. The molecule has 1 amide bonds. The van der Waals surface area contributed by atoms with Crippen molar-refractivity contribution in [3.05, 3.63) is 41.7 Å². The monoisotopic (exact) mass is 231 g/mol. The number of anilines is 1. The Kier molecular flexibility index (Phi) is 3.04. The zero-order chi connectivity index (χ0) is 12.4. The number of amides is 1. The summed E-state index contributed by atoms with van der Waals surface area (Å²) in [7, 11) is 0. The van der Waals surface area contributed by atoms with E-state index in [0.717, 1.165) is 0 Å². The van der Waals surface area contributed by atoms with Gasteiger partial charge in [0.05, 0.1) is 13.2 Å². The van der Waals surface area contributed by atoms with Crippen molar-refractivity contribution in [2.45, 2.75) is 13.8 Å². The van der Waals surface area contributed by atoms with Gasteiger partial charge in [-0.15, -0.1) is 0 Å². The number of benzene rings is 1. The molecule has 0 aromatic heterocycles. The molecule has 0 atom stereocenters. The topological polar surface area (TPSA) is 49.6 Å². The van der Waals surface area contributed by atoms with Crippen molar-refractivity contribution in [1.82, 2.24) is 4.90 Å². The average Bonchev–Trinajstić information content (AvgIpc) is 2.65. The van der Waals surface area contributed by atoms with Gasteiger partial charge in [0, 0.05) is 18.1 Å². The standard InChI is InChI=1S/C13H17N3O/c1-10-4-3-5-11(2)13(10)16-7-6-15(9-16)8-12(14)17/h3-7H,8-9H2,1-2H3,(H2,14,17). The van der Waals surface area contributed by atoms with Crippen molar-refractivity contribution in [2.24, 2.45) is 5.73 Å². The van der Waals surface area contributed by atoms with E-state index in [0.29, 0.717) is 6.67 Å². The third kappa shape index (κ3) is 2.41. The molecule has 1 heterocycles. The predicted molar refractivity (Wildman–Crippen MR) is 68.3 cm³/mol. The Balaban J connectivity index is 2.16. The van der Waals surface area contributed by atoms with E-state index in [-0.39, 0.29) is 12.5 Å². The fraction of sp³-hybridized carbons (Fsp3) is 0.308. The average molecular weight is 231 g/mol. The molecule has 0 saturated carbocycles. The third-order valence-electron chi connectivity index (χ3n) is 2.88. The van der Waals surface area contributed by atoms with Crippen LogP contribution < -0.4 is 10.6 Å². The first-order chi connectivity index (χ1) is 8.08. The Bertz CT molecular complexity index is 447. The molecule has 0 saturated heterocycles. The van der Waals surface area contributed by atoms with Crippen molar-refractivity contribution >= 4 is 11.6 Å². The normalized spacial score (nSPS) is 14.5. The summed E-state index contributed by atoms with van der Waals surface area (Å²) in [5, 5.41) is 0. The van der Waals surface area contributed by atoms with Crippen LogP contribution in [0.3, 0.4) is 0 Å². The van der Waals surface area contributed by atoms with Crippen molar-refractivity contribution < 1.29 is 4.79 Å². The fourth-order valence-corrected chi connectivity index (χ4v) is 2.17. The summed E-state index contributed by atoms with van der Waals surface area (Å²) >= 11 is 0. The highest BCUT2D eigenvalue weighted by Crippen LogP contribution is 2.27. The van der Waals surface area contributed by atoms with Gasteiger partial charge in [-0.1, -0.05) is 18.2 Å². The van der Waals surface area contributed by atoms with E-state index in [4.69, 9.17) is 5.73 Å². The first kappa shape index (κ1) is 11.5. The van der Waals surface area contributed by atoms with Gasteiger partial charge in [0.2, 0.25) is 5.91 Å². The molecular formula is C13H17N3O. The van der Waals surface area contributed by atoms with Gasteiger partial charge >= 0.3 is 0 Å². The zero-order valence-electron chi connectivity index (χ0n) is 10.2. The van der Waals surface area contributed by atoms with Crippen LogP contribution in [0.4, 0.5) is 5.69 Å². The van der Waals surface area contributed by atoms with E-state index in [1.165, 1.54) is 16.8 Å². The smallest absolute Gasteiger partial charge is 0.236 e. The minimum atomic E-state index is -0.307. The number of carbonyl (C=O) groups excluding carboxylic acids is 1. The van der Waals surface area contributed by atoms with Crippen LogP contribution in [0.2, 0.25) is 0 Å². The van der Waals surface area contributed by atoms with Crippen molar-refractivity contribution in [1.29, 1.82) is 0 Å². The van der Waals surface area contributed by atoms with Gasteiger partial charge in [-0.3, -0.25) is 4.79 Å². The molecule has 4 nitrogen and oxygen atoms in total. The lowest BCUT2D eigenvalue weighted by Gasteiger charge is -2.23. The van der Waals surface area contributed by atoms with Crippen LogP contribution in [-0.2, 0) is 4.79 Å². The Labute approximate surface area is 101 Å². The predicted octanol–water partition coefficient (Wildman–Crippen LogP) is 1.34. The molecule has 0 fully saturated rings. The largest absolute Gasteiger partial charge is 0.368 e. The van der Waals surface area contributed by atoms with Crippen LogP contribution in [0.5, 0.6) is 0 Å². The van der Waals surface area contributed by atoms with E-state index < -0.39 is 0 Å². The molecule has 0 radical (unpaired) electrons. The van der Waals surface area contributed by atoms with Gasteiger partial charge in [-0.25, -0.2) is 0 Å². The molecule has 17 heavy (non-hydrogen) atoms. The summed E-state index contributed by atoms with van der Waals surface area (Å²) < 4.78 is 0. The molecule has 1 aromatic rings. The van der Waals surface area contributed by atoms with E-state index in [1.54, 1.807) is 0 Å². The number of hydrogen-bond donors (Lipinski definition) is 1. The molecule has 1 aliphatic heterocycles. The van der Waals surface area contributed by atoms with Gasteiger partial charge in [-0.2, -0.15) is 0 Å². The van der Waals surface area contributed by atoms with Gasteiger partial charge in [0.1, 0.15) is 0 Å². The molecule has 0 bridgehead atoms. The van der Waals surface area contributed by atoms with Crippen LogP contribution >= 0.6 is 0 Å². The SMILES string of the molecule is Cc1cccc(C)c1N1C=CN(CC(N)=O)C1. The van der Waals surface area contributed by atoms with Crippen LogP contribution in [0.25, 0.3) is 0 Å². The summed E-state index contributed by atoms with van der Waals surface area (Å²) in [5.41, 5.74) is 8.85. The number of primary amides is 1. The highest BCUT2D eigenvalue weighted by Gasteiger charge is 2.17. The lowest BCUT2D eigenvalue weighted by Crippen LogP contribution is -2.33. The van der Waals surface area contributed by atoms with Crippen molar-refractivity contribution in [3.8, 4) is 0 Å². The van der Waals surface area contributed by atoms with Crippen LogP contribution in [0.15, 0.2) is 30.6 Å². The highest BCUT2D eigenvalue weighted by molar-refractivity contribution is 5.76. The number of hydrogen-bond acceptors (Lipinski definition) is 3. The highest BCUT2D eigenvalue weighted by atomic mass is 16.1.